The van der Waals surface area contributed by atoms with E-state index in [0.29, 0.717) is 6.42 Å². The molecule has 0 aliphatic rings. The second-order valence-electron chi connectivity index (χ2n) is 8.47. The first-order chi connectivity index (χ1) is 15.0. The molecule has 0 spiro atoms. The lowest BCUT2D eigenvalue weighted by atomic mass is 10.0. The van der Waals surface area contributed by atoms with Crippen LogP contribution in [0.4, 0.5) is 0 Å². The van der Waals surface area contributed by atoms with Crippen molar-refractivity contribution >= 4 is 10.1 Å². The summed E-state index contributed by atoms with van der Waals surface area (Å²) in [6, 6.07) is 6.73. The number of unbranched alkanes of at least 4 members (excludes halogenated alkanes) is 11. The summed E-state index contributed by atoms with van der Waals surface area (Å²) in [5, 5.41) is 3.39. The van der Waals surface area contributed by atoms with E-state index in [9.17, 15) is 13.0 Å². The molecule has 4 nitrogen and oxygen atoms in total. The Kier molecular flexibility index (Phi) is 20.3. The highest BCUT2D eigenvalue weighted by Gasteiger charge is 2.13. The van der Waals surface area contributed by atoms with Crippen LogP contribution >= 0.6 is 0 Å². The van der Waals surface area contributed by atoms with Crippen molar-refractivity contribution in [3.63, 3.8) is 0 Å². The molecule has 1 rings (SSSR count). The SMILES string of the molecule is CCCCCCCCCCCCc1ccccc1S(=O)(=O)O.CCCCNCCCC. The first kappa shape index (κ1) is 30.1. The van der Waals surface area contributed by atoms with Gasteiger partial charge in [-0.3, -0.25) is 4.55 Å². The van der Waals surface area contributed by atoms with Crippen molar-refractivity contribution in [3.05, 3.63) is 29.8 Å². The fourth-order valence-electron chi connectivity index (χ4n) is 3.49. The van der Waals surface area contributed by atoms with Crippen molar-refractivity contribution in [2.24, 2.45) is 0 Å². The Morgan fingerprint density at radius 1 is 0.677 bits per heavy atom. The van der Waals surface area contributed by atoms with Crippen molar-refractivity contribution in [3.8, 4) is 0 Å². The van der Waals surface area contributed by atoms with Crippen LogP contribution in [0.1, 0.15) is 116 Å². The van der Waals surface area contributed by atoms with E-state index in [1.165, 1.54) is 96.2 Å². The van der Waals surface area contributed by atoms with Crippen LogP contribution in [0.25, 0.3) is 0 Å². The predicted octanol–water partition coefficient (Wildman–Crippen LogP) is 7.57. The molecule has 1 aromatic carbocycles. The lowest BCUT2D eigenvalue weighted by Crippen LogP contribution is -2.15. The van der Waals surface area contributed by atoms with Gasteiger partial charge in [0.1, 0.15) is 0 Å². The van der Waals surface area contributed by atoms with E-state index in [1.807, 2.05) is 6.07 Å². The summed E-state index contributed by atoms with van der Waals surface area (Å²) in [5.41, 5.74) is 0.726. The van der Waals surface area contributed by atoms with Crippen LogP contribution < -0.4 is 5.32 Å². The highest BCUT2D eigenvalue weighted by molar-refractivity contribution is 7.85. The van der Waals surface area contributed by atoms with Gasteiger partial charge < -0.3 is 5.32 Å². The third-order valence-corrected chi connectivity index (χ3v) is 6.42. The summed E-state index contributed by atoms with van der Waals surface area (Å²) in [7, 11) is -4.10. The Morgan fingerprint density at radius 2 is 1.13 bits per heavy atom. The largest absolute Gasteiger partial charge is 0.317 e. The average Bonchev–Trinajstić information content (AvgIpc) is 2.75. The third kappa shape index (κ3) is 18.4. The lowest BCUT2D eigenvalue weighted by Gasteiger charge is -2.07. The van der Waals surface area contributed by atoms with Crippen LogP contribution in [0, 0.1) is 0 Å². The Labute approximate surface area is 193 Å². The molecule has 0 unspecified atom stereocenters. The van der Waals surface area contributed by atoms with Crippen molar-refractivity contribution in [2.75, 3.05) is 13.1 Å². The second kappa shape index (κ2) is 21.0. The topological polar surface area (TPSA) is 66.4 Å². The molecular weight excluding hydrogens is 406 g/mol. The molecule has 0 fully saturated rings. The van der Waals surface area contributed by atoms with Gasteiger partial charge in [0.2, 0.25) is 0 Å². The molecule has 31 heavy (non-hydrogen) atoms. The third-order valence-electron chi connectivity index (χ3n) is 5.46. The molecule has 0 aliphatic carbocycles. The first-order valence-electron chi connectivity index (χ1n) is 12.7. The predicted molar refractivity (Wildman–Crippen MR) is 134 cm³/mol. The number of rotatable bonds is 18. The molecular formula is C26H49NO3S. The molecule has 0 aliphatic heterocycles. The Hall–Kier alpha value is -0.910. The summed E-state index contributed by atoms with van der Waals surface area (Å²) in [6.45, 7) is 9.09. The van der Waals surface area contributed by atoms with Crippen LogP contribution in [0.2, 0.25) is 0 Å². The van der Waals surface area contributed by atoms with E-state index in [2.05, 4.69) is 26.1 Å². The van der Waals surface area contributed by atoms with Crippen LogP contribution in [-0.2, 0) is 16.5 Å². The normalized spacial score (nSPS) is 11.2. The zero-order valence-electron chi connectivity index (χ0n) is 20.5. The maximum atomic E-state index is 11.3. The average molecular weight is 456 g/mol. The highest BCUT2D eigenvalue weighted by atomic mass is 32.2. The number of nitrogens with one attached hydrogen (secondary N) is 1. The van der Waals surface area contributed by atoms with Gasteiger partial charge in [-0.25, -0.2) is 0 Å². The van der Waals surface area contributed by atoms with Gasteiger partial charge in [-0.05, 0) is 50.4 Å². The Morgan fingerprint density at radius 3 is 1.61 bits per heavy atom. The van der Waals surface area contributed by atoms with Gasteiger partial charge in [0.05, 0.1) is 4.90 Å². The summed E-state index contributed by atoms with van der Waals surface area (Å²) in [5.74, 6) is 0. The molecule has 182 valence electrons. The minimum Gasteiger partial charge on any atom is -0.317 e. The zero-order chi connectivity index (χ0) is 23.2. The molecule has 0 heterocycles. The van der Waals surface area contributed by atoms with Crippen LogP contribution in [0.15, 0.2) is 29.2 Å². The first-order valence-corrected chi connectivity index (χ1v) is 14.2. The quantitative estimate of drug-likeness (QED) is 0.177. The zero-order valence-corrected chi connectivity index (χ0v) is 21.3. The molecule has 1 aromatic rings. The molecule has 0 amide bonds. The highest BCUT2D eigenvalue weighted by Crippen LogP contribution is 2.18. The van der Waals surface area contributed by atoms with Crippen molar-refractivity contribution in [1.29, 1.82) is 0 Å². The molecule has 2 N–H and O–H groups in total. The summed E-state index contributed by atoms with van der Waals surface area (Å²) in [6.07, 6.45) is 18.6. The maximum absolute atomic E-state index is 11.3. The molecule has 0 aromatic heterocycles. The van der Waals surface area contributed by atoms with E-state index < -0.39 is 10.1 Å². The maximum Gasteiger partial charge on any atom is 0.294 e. The van der Waals surface area contributed by atoms with Gasteiger partial charge in [0.25, 0.3) is 10.1 Å². The molecule has 0 saturated heterocycles. The van der Waals surface area contributed by atoms with Gasteiger partial charge in [-0.15, -0.1) is 0 Å². The van der Waals surface area contributed by atoms with Crippen molar-refractivity contribution in [1.82, 2.24) is 5.32 Å². The van der Waals surface area contributed by atoms with Crippen molar-refractivity contribution < 1.29 is 13.0 Å². The van der Waals surface area contributed by atoms with Crippen LogP contribution in [0.5, 0.6) is 0 Å². The van der Waals surface area contributed by atoms with Crippen LogP contribution in [-0.4, -0.2) is 26.1 Å². The number of hydrogen-bond acceptors (Lipinski definition) is 3. The van der Waals surface area contributed by atoms with Crippen LogP contribution in [0.3, 0.4) is 0 Å². The Balaban J connectivity index is 0.000000842. The van der Waals surface area contributed by atoms with E-state index in [1.54, 1.807) is 12.1 Å². The van der Waals surface area contributed by atoms with Gasteiger partial charge in [0, 0.05) is 0 Å². The van der Waals surface area contributed by atoms with Crippen molar-refractivity contribution in [2.45, 2.75) is 122 Å². The fourth-order valence-corrected chi connectivity index (χ4v) is 4.25. The fraction of sp³-hybridized carbons (Fsp3) is 0.769. The molecule has 0 saturated carbocycles. The number of aryl methyl sites for hydroxylation is 1. The standard InChI is InChI=1S/C18H30O3S.C8H19N/c1-2-3-4-5-6-7-8-9-10-11-14-17-15-12-13-16-18(17)22(19,20)21;1-3-5-7-9-8-6-4-2/h12-13,15-16H,2-11,14H2,1H3,(H,19,20,21);9H,3-8H2,1-2H3. The van der Waals surface area contributed by atoms with Gasteiger partial charge in [-0.2, -0.15) is 8.42 Å². The molecule has 0 atom stereocenters. The minimum absolute atomic E-state index is 0.0610. The van der Waals surface area contributed by atoms with Gasteiger partial charge >= 0.3 is 0 Å². The smallest absolute Gasteiger partial charge is 0.294 e. The number of benzene rings is 1. The van der Waals surface area contributed by atoms with Gasteiger partial charge in [-0.1, -0.05) is 110 Å². The van der Waals surface area contributed by atoms with Gasteiger partial charge in [0.15, 0.2) is 0 Å². The second-order valence-corrected chi connectivity index (χ2v) is 9.86. The molecule has 5 heteroatoms. The summed E-state index contributed by atoms with van der Waals surface area (Å²) in [4.78, 5) is 0.0610. The molecule has 0 bridgehead atoms. The summed E-state index contributed by atoms with van der Waals surface area (Å²) >= 11 is 0. The van der Waals surface area contributed by atoms with E-state index >= 15 is 0 Å². The monoisotopic (exact) mass is 455 g/mol. The Bertz CT molecular complexity index is 611. The lowest BCUT2D eigenvalue weighted by molar-refractivity contribution is 0.481. The van der Waals surface area contributed by atoms with E-state index in [-0.39, 0.29) is 4.90 Å². The van der Waals surface area contributed by atoms with E-state index in [0.717, 1.165) is 18.4 Å². The summed E-state index contributed by atoms with van der Waals surface area (Å²) < 4.78 is 31.8. The number of hydrogen-bond donors (Lipinski definition) is 2. The molecule has 0 radical (unpaired) electrons. The minimum atomic E-state index is -4.10. The van der Waals surface area contributed by atoms with E-state index in [4.69, 9.17) is 0 Å².